The molecular formula is C25H23Cl2N5O4S. The maximum Gasteiger partial charge on any atom is 0.277 e. The van der Waals surface area contributed by atoms with E-state index in [2.05, 4.69) is 5.16 Å². The van der Waals surface area contributed by atoms with Gasteiger partial charge in [-0.25, -0.2) is 12.7 Å². The highest BCUT2D eigenvalue weighted by molar-refractivity contribution is 7.89. The van der Waals surface area contributed by atoms with Gasteiger partial charge in [-0.15, -0.1) is 0 Å². The van der Waals surface area contributed by atoms with Crippen molar-refractivity contribution < 1.29 is 18.2 Å². The summed E-state index contributed by atoms with van der Waals surface area (Å²) < 4.78 is 26.0. The summed E-state index contributed by atoms with van der Waals surface area (Å²) in [5, 5.41) is 9.61. The molecule has 37 heavy (non-hydrogen) atoms. The van der Waals surface area contributed by atoms with Crippen LogP contribution in [0.2, 0.25) is 10.0 Å². The number of sulfonamides is 1. The molecule has 9 nitrogen and oxygen atoms in total. The molecule has 192 valence electrons. The van der Waals surface area contributed by atoms with Gasteiger partial charge in [0.1, 0.15) is 0 Å². The Morgan fingerprint density at radius 1 is 0.892 bits per heavy atom. The van der Waals surface area contributed by atoms with E-state index in [-0.39, 0.29) is 10.5 Å². The second-order valence-electron chi connectivity index (χ2n) is 8.86. The van der Waals surface area contributed by atoms with Crippen LogP contribution in [0.15, 0.2) is 58.6 Å². The fraction of sp³-hybridized carbons (Fsp3) is 0.200. The van der Waals surface area contributed by atoms with Gasteiger partial charge in [-0.3, -0.25) is 9.73 Å². The molecule has 12 heteroatoms. The van der Waals surface area contributed by atoms with Gasteiger partial charge in [-0.2, -0.15) is 10.0 Å². The number of carbonyl (C=O) groups excluding carboxylic acids is 1. The number of halogens is 2. The molecule has 0 fully saturated rings. The lowest BCUT2D eigenvalue weighted by molar-refractivity contribution is -0.135. The summed E-state index contributed by atoms with van der Waals surface area (Å²) in [5.74, 6) is -0.0115. The lowest BCUT2D eigenvalue weighted by Crippen LogP contribution is -2.49. The SMILES string of the molecule is Cc1c(Cl)c(C)c(C2=NON3N(C(=O)c4ccc(S(=O)(=O)N(C)C)cc4)c4ccccc4N23)c(C)c1Cl. The molecule has 0 saturated carbocycles. The number of anilines is 2. The first kappa shape index (κ1) is 25.5. The molecule has 0 atom stereocenters. The Bertz CT molecular complexity index is 1560. The summed E-state index contributed by atoms with van der Waals surface area (Å²) in [6.07, 6.45) is 0. The number of hydrogen-bond acceptors (Lipinski definition) is 7. The van der Waals surface area contributed by atoms with Crippen molar-refractivity contribution in [3.63, 3.8) is 0 Å². The zero-order valence-corrected chi connectivity index (χ0v) is 23.0. The van der Waals surface area contributed by atoms with Gasteiger partial charge in [-0.1, -0.05) is 35.3 Å². The number of para-hydroxylation sites is 2. The van der Waals surface area contributed by atoms with E-state index in [9.17, 15) is 13.2 Å². The summed E-state index contributed by atoms with van der Waals surface area (Å²) in [7, 11) is -0.735. The minimum atomic E-state index is -3.63. The number of amides is 1. The van der Waals surface area contributed by atoms with Crippen molar-refractivity contribution in [2.45, 2.75) is 25.7 Å². The van der Waals surface area contributed by atoms with Crippen molar-refractivity contribution in [1.29, 1.82) is 0 Å². The van der Waals surface area contributed by atoms with Crippen LogP contribution >= 0.6 is 23.2 Å². The molecule has 3 aromatic carbocycles. The fourth-order valence-electron chi connectivity index (χ4n) is 4.41. The predicted octanol–water partition coefficient (Wildman–Crippen LogP) is 5.07. The number of rotatable bonds is 4. The van der Waals surface area contributed by atoms with Crippen molar-refractivity contribution in [3.05, 3.63) is 86.4 Å². The van der Waals surface area contributed by atoms with Crippen molar-refractivity contribution in [2.75, 3.05) is 24.1 Å². The van der Waals surface area contributed by atoms with Crippen LogP contribution in [0, 0.1) is 20.8 Å². The third kappa shape index (κ3) is 3.79. The molecule has 3 aromatic rings. The number of oxime groups is 1. The number of benzene rings is 3. The number of hydrogen-bond donors (Lipinski definition) is 0. The number of fused-ring (bicyclic) bond motifs is 3. The Balaban J connectivity index is 1.56. The van der Waals surface area contributed by atoms with Gasteiger partial charge in [0.05, 0.1) is 21.6 Å². The minimum Gasteiger partial charge on any atom is -0.267 e. The van der Waals surface area contributed by atoms with Crippen molar-refractivity contribution >= 4 is 56.3 Å². The molecule has 2 heterocycles. The highest BCUT2D eigenvalue weighted by Gasteiger charge is 2.47. The Kier molecular flexibility index (Phi) is 6.20. The van der Waals surface area contributed by atoms with E-state index in [1.54, 1.807) is 11.1 Å². The third-order valence-corrected chi connectivity index (χ3v) is 9.41. The van der Waals surface area contributed by atoms with E-state index < -0.39 is 15.9 Å². The Hall–Kier alpha value is -3.15. The van der Waals surface area contributed by atoms with Gasteiger partial charge in [0, 0.05) is 35.3 Å². The van der Waals surface area contributed by atoms with Crippen LogP contribution < -0.4 is 10.0 Å². The number of carbonyl (C=O) groups is 1. The quantitative estimate of drug-likeness (QED) is 0.443. The van der Waals surface area contributed by atoms with E-state index in [0.29, 0.717) is 32.8 Å². The van der Waals surface area contributed by atoms with E-state index in [4.69, 9.17) is 28.1 Å². The van der Waals surface area contributed by atoms with Crippen LogP contribution in [0.3, 0.4) is 0 Å². The fourth-order valence-corrected chi connectivity index (χ4v) is 5.74. The summed E-state index contributed by atoms with van der Waals surface area (Å²) in [6, 6.07) is 13.0. The van der Waals surface area contributed by atoms with E-state index >= 15 is 0 Å². The largest absolute Gasteiger partial charge is 0.277 e. The third-order valence-electron chi connectivity index (χ3n) is 6.44. The molecule has 0 unspecified atom stereocenters. The van der Waals surface area contributed by atoms with E-state index in [1.165, 1.54) is 48.7 Å². The average molecular weight is 560 g/mol. The van der Waals surface area contributed by atoms with Gasteiger partial charge in [0.25, 0.3) is 5.91 Å². The minimum absolute atomic E-state index is 0.0830. The predicted molar refractivity (Wildman–Crippen MR) is 143 cm³/mol. The van der Waals surface area contributed by atoms with Crippen molar-refractivity contribution in [2.24, 2.45) is 5.16 Å². The highest BCUT2D eigenvalue weighted by Crippen LogP contribution is 2.45. The molecule has 1 amide bonds. The topological polar surface area (TPSA) is 85.8 Å². The van der Waals surface area contributed by atoms with Gasteiger partial charge < -0.3 is 0 Å². The normalized spacial score (nSPS) is 15.1. The molecule has 0 saturated heterocycles. The molecule has 0 spiro atoms. The molecule has 2 aliphatic heterocycles. The Morgan fingerprint density at radius 2 is 1.46 bits per heavy atom. The van der Waals surface area contributed by atoms with Crippen LogP contribution in [0.4, 0.5) is 11.4 Å². The van der Waals surface area contributed by atoms with Crippen LogP contribution in [-0.2, 0) is 15.0 Å². The molecule has 0 aromatic heterocycles. The van der Waals surface area contributed by atoms with Crippen molar-refractivity contribution in [1.82, 2.24) is 9.59 Å². The molecule has 0 aliphatic carbocycles. The average Bonchev–Trinajstić information content (AvgIpc) is 3.44. The number of hydrazine groups is 2. The van der Waals surface area contributed by atoms with Crippen LogP contribution in [0.25, 0.3) is 0 Å². The lowest BCUT2D eigenvalue weighted by Gasteiger charge is -2.25. The summed E-state index contributed by atoms with van der Waals surface area (Å²) in [6.45, 7) is 5.62. The van der Waals surface area contributed by atoms with Gasteiger partial charge >= 0.3 is 0 Å². The molecule has 0 radical (unpaired) electrons. The van der Waals surface area contributed by atoms with E-state index in [0.717, 1.165) is 21.0 Å². The van der Waals surface area contributed by atoms with E-state index in [1.807, 2.05) is 39.0 Å². The first-order valence-electron chi connectivity index (χ1n) is 11.2. The summed E-state index contributed by atoms with van der Waals surface area (Å²) in [4.78, 5) is 19.5. The summed E-state index contributed by atoms with van der Waals surface area (Å²) in [5.41, 5.74) is 4.52. The maximum absolute atomic E-state index is 13.7. The highest BCUT2D eigenvalue weighted by atomic mass is 35.5. The second kappa shape index (κ2) is 9.00. The second-order valence-corrected chi connectivity index (χ2v) is 11.8. The zero-order valence-electron chi connectivity index (χ0n) is 20.7. The smallest absolute Gasteiger partial charge is 0.267 e. The molecular weight excluding hydrogens is 537 g/mol. The molecule has 5 rings (SSSR count). The van der Waals surface area contributed by atoms with Crippen LogP contribution in [0.5, 0.6) is 0 Å². The van der Waals surface area contributed by atoms with Gasteiger partial charge in [0.2, 0.25) is 15.9 Å². The van der Waals surface area contributed by atoms with Gasteiger partial charge in [-0.05, 0) is 79.0 Å². The van der Waals surface area contributed by atoms with Crippen LogP contribution in [-0.4, -0.2) is 43.8 Å². The van der Waals surface area contributed by atoms with Crippen molar-refractivity contribution in [3.8, 4) is 0 Å². The number of nitrogens with zero attached hydrogens (tertiary/aromatic N) is 5. The Morgan fingerprint density at radius 3 is 2.03 bits per heavy atom. The van der Waals surface area contributed by atoms with Gasteiger partial charge in [0.15, 0.2) is 0 Å². The number of amidine groups is 1. The molecule has 2 aliphatic rings. The maximum atomic E-state index is 13.7. The molecule has 0 N–H and O–H groups in total. The first-order valence-corrected chi connectivity index (χ1v) is 13.4. The monoisotopic (exact) mass is 559 g/mol. The first-order chi connectivity index (χ1) is 17.5. The lowest BCUT2D eigenvalue weighted by atomic mass is 9.98. The molecule has 0 bridgehead atoms. The summed E-state index contributed by atoms with van der Waals surface area (Å²) >= 11 is 13.2. The Labute approximate surface area is 225 Å². The standard InChI is InChI=1S/C25H23Cl2N5O4S/c1-14-21(15(2)23(27)16(3)22(14)26)24-28-36-32-30(24)19-8-6-7-9-20(19)31(32)25(33)17-10-12-18(13-11-17)37(34,35)29(4)5/h6-13H,1-5H3. The zero-order chi connectivity index (χ0) is 26.8. The van der Waals surface area contributed by atoms with Crippen LogP contribution in [0.1, 0.15) is 32.6 Å².